The summed E-state index contributed by atoms with van der Waals surface area (Å²) in [4.78, 5) is 49.2. The number of imide groups is 1. The lowest BCUT2D eigenvalue weighted by Gasteiger charge is -2.21. The minimum absolute atomic E-state index is 0.169. The van der Waals surface area contributed by atoms with Crippen LogP contribution in [-0.4, -0.2) is 31.6 Å². The van der Waals surface area contributed by atoms with Gasteiger partial charge in [-0.3, -0.25) is 14.4 Å². The fourth-order valence-corrected chi connectivity index (χ4v) is 4.56. The first kappa shape index (κ1) is 32.7. The second-order valence-corrected chi connectivity index (χ2v) is 10.5. The average molecular weight is 652 g/mol. The Hall–Kier alpha value is -5.66. The summed E-state index contributed by atoms with van der Waals surface area (Å²) in [6.45, 7) is 3.51. The van der Waals surface area contributed by atoms with Crippen molar-refractivity contribution in [1.29, 1.82) is 0 Å². The van der Waals surface area contributed by atoms with Crippen LogP contribution in [0.3, 0.4) is 0 Å². The first-order valence-corrected chi connectivity index (χ1v) is 13.9. The molecular formula is C33H23F6N5O3. The molecule has 0 spiro atoms. The highest BCUT2D eigenvalue weighted by Gasteiger charge is 2.34. The largest absolute Gasteiger partial charge is 0.416 e. The highest BCUT2D eigenvalue weighted by molar-refractivity contribution is 6.25. The molecule has 0 saturated carbocycles. The Bertz CT molecular complexity index is 1920. The number of anilines is 1. The summed E-state index contributed by atoms with van der Waals surface area (Å²) >= 11 is 0. The molecule has 3 aromatic carbocycles. The molecule has 0 aliphatic rings. The molecular weight excluding hydrogens is 628 g/mol. The van der Waals surface area contributed by atoms with Gasteiger partial charge in [-0.1, -0.05) is 30.3 Å². The van der Waals surface area contributed by atoms with Crippen LogP contribution < -0.4 is 10.5 Å². The van der Waals surface area contributed by atoms with E-state index in [2.05, 4.69) is 15.1 Å². The predicted octanol–water partition coefficient (Wildman–Crippen LogP) is 7.47. The molecule has 0 N–H and O–H groups in total. The maximum Gasteiger partial charge on any atom is 0.416 e. The summed E-state index contributed by atoms with van der Waals surface area (Å²) in [6.07, 6.45) is -8.14. The second-order valence-electron chi connectivity index (χ2n) is 10.5. The number of halogens is 6. The molecule has 0 aliphatic heterocycles. The molecule has 0 bridgehead atoms. The molecule has 2 aromatic heterocycles. The fraction of sp³-hybridized carbons (Fsp3) is 0.152. The molecule has 0 saturated heterocycles. The number of hydrogen-bond acceptors (Lipinski definition) is 6. The summed E-state index contributed by atoms with van der Waals surface area (Å²) < 4.78 is 80.5. The van der Waals surface area contributed by atoms with Crippen LogP contribution in [-0.2, 0) is 12.4 Å². The Morgan fingerprint density at radius 2 is 1.23 bits per heavy atom. The van der Waals surface area contributed by atoms with E-state index in [1.54, 1.807) is 44.2 Å². The van der Waals surface area contributed by atoms with E-state index in [0.717, 1.165) is 24.3 Å². The van der Waals surface area contributed by atoms with Gasteiger partial charge in [-0.15, -0.1) is 0 Å². The third-order valence-electron chi connectivity index (χ3n) is 6.94. The van der Waals surface area contributed by atoms with E-state index in [0.29, 0.717) is 40.3 Å². The van der Waals surface area contributed by atoms with Gasteiger partial charge in [-0.05, 0) is 68.4 Å². The standard InChI is InChI=1S/C33H23F6N5O3/c1-19(2)44-27(45)17-16-26(42-44)25-18-40-31(41-28(25)20-6-4-3-5-7-20)43(29(46)21-8-12-23(13-9-21)32(34,35)36)30(47)22-10-14-24(15-11-22)33(37,38)39/h3-19H,1-2H3. The molecule has 14 heteroatoms. The number of aromatic nitrogens is 4. The molecule has 5 rings (SSSR count). The van der Waals surface area contributed by atoms with Crippen molar-refractivity contribution < 1.29 is 35.9 Å². The topological polar surface area (TPSA) is 98.1 Å². The van der Waals surface area contributed by atoms with Crippen molar-refractivity contribution in [2.45, 2.75) is 32.2 Å². The third kappa shape index (κ3) is 6.95. The lowest BCUT2D eigenvalue weighted by atomic mass is 10.0. The van der Waals surface area contributed by atoms with Gasteiger partial charge in [0, 0.05) is 34.5 Å². The number of alkyl halides is 6. The highest BCUT2D eigenvalue weighted by Crippen LogP contribution is 2.33. The zero-order valence-electron chi connectivity index (χ0n) is 24.5. The average Bonchev–Trinajstić information content (AvgIpc) is 3.04. The number of carbonyl (C=O) groups excluding carboxylic acids is 2. The fourth-order valence-electron chi connectivity index (χ4n) is 4.56. The summed E-state index contributed by atoms with van der Waals surface area (Å²) in [5.41, 5.74) is -1.92. The number of nitrogens with zero attached hydrogens (tertiary/aromatic N) is 5. The van der Waals surface area contributed by atoms with Gasteiger partial charge in [0.1, 0.15) is 0 Å². The Morgan fingerprint density at radius 3 is 1.70 bits per heavy atom. The molecule has 5 aromatic rings. The van der Waals surface area contributed by atoms with Crippen molar-refractivity contribution in [3.8, 4) is 22.5 Å². The molecule has 2 heterocycles. The molecule has 0 unspecified atom stereocenters. The number of hydrogen-bond donors (Lipinski definition) is 0. The number of amides is 2. The van der Waals surface area contributed by atoms with Crippen LogP contribution in [0, 0.1) is 0 Å². The highest BCUT2D eigenvalue weighted by atomic mass is 19.4. The zero-order valence-corrected chi connectivity index (χ0v) is 24.5. The monoisotopic (exact) mass is 651 g/mol. The molecule has 0 atom stereocenters. The molecule has 0 radical (unpaired) electrons. The van der Waals surface area contributed by atoms with Crippen LogP contribution in [0.1, 0.15) is 51.7 Å². The van der Waals surface area contributed by atoms with Gasteiger partial charge in [0.25, 0.3) is 17.4 Å². The van der Waals surface area contributed by atoms with Crippen LogP contribution in [0.15, 0.2) is 102 Å². The van der Waals surface area contributed by atoms with Crippen molar-refractivity contribution in [3.63, 3.8) is 0 Å². The van der Waals surface area contributed by atoms with E-state index in [1.807, 2.05) is 0 Å². The molecule has 8 nitrogen and oxygen atoms in total. The Morgan fingerprint density at radius 1 is 0.723 bits per heavy atom. The lowest BCUT2D eigenvalue weighted by Crippen LogP contribution is -2.38. The van der Waals surface area contributed by atoms with Crippen LogP contribution in [0.25, 0.3) is 22.5 Å². The van der Waals surface area contributed by atoms with E-state index in [9.17, 15) is 40.7 Å². The summed E-state index contributed by atoms with van der Waals surface area (Å²) in [5.74, 6) is -2.79. The van der Waals surface area contributed by atoms with E-state index in [4.69, 9.17) is 0 Å². The van der Waals surface area contributed by atoms with Crippen molar-refractivity contribution in [3.05, 3.63) is 130 Å². The van der Waals surface area contributed by atoms with Gasteiger partial charge in [-0.25, -0.2) is 19.5 Å². The van der Waals surface area contributed by atoms with E-state index < -0.39 is 41.2 Å². The molecule has 0 fully saturated rings. The van der Waals surface area contributed by atoms with Gasteiger partial charge in [-0.2, -0.15) is 31.4 Å². The summed E-state index contributed by atoms with van der Waals surface area (Å²) in [5, 5.41) is 4.42. The number of rotatable bonds is 6. The Balaban J connectivity index is 1.69. The Kier molecular flexibility index (Phi) is 8.79. The SMILES string of the molecule is CC(C)n1nc(-c2cnc(N(C(=O)c3ccc(C(F)(F)F)cc3)C(=O)c3ccc(C(F)(F)F)cc3)nc2-c2ccccc2)ccc1=O. The predicted molar refractivity (Wildman–Crippen MR) is 159 cm³/mol. The molecule has 240 valence electrons. The van der Waals surface area contributed by atoms with E-state index >= 15 is 0 Å². The number of carbonyl (C=O) groups is 2. The molecule has 47 heavy (non-hydrogen) atoms. The third-order valence-corrected chi connectivity index (χ3v) is 6.94. The maximum atomic E-state index is 13.8. The quantitative estimate of drug-likeness (QED) is 0.140. The first-order chi connectivity index (χ1) is 22.1. The van der Waals surface area contributed by atoms with Crippen LogP contribution in [0.4, 0.5) is 32.3 Å². The van der Waals surface area contributed by atoms with Crippen molar-refractivity contribution >= 4 is 17.8 Å². The second kappa shape index (κ2) is 12.6. The van der Waals surface area contributed by atoms with E-state index in [-0.39, 0.29) is 34.1 Å². The van der Waals surface area contributed by atoms with Gasteiger partial charge < -0.3 is 0 Å². The van der Waals surface area contributed by atoms with E-state index in [1.165, 1.54) is 23.0 Å². The van der Waals surface area contributed by atoms with Crippen molar-refractivity contribution in [1.82, 2.24) is 19.7 Å². The zero-order chi connectivity index (χ0) is 34.1. The first-order valence-electron chi connectivity index (χ1n) is 13.9. The van der Waals surface area contributed by atoms with Crippen LogP contribution in [0.5, 0.6) is 0 Å². The normalized spacial score (nSPS) is 11.9. The summed E-state index contributed by atoms with van der Waals surface area (Å²) in [6, 6.07) is 17.0. The Labute approximate surface area is 263 Å². The molecule has 2 amide bonds. The molecule has 0 aliphatic carbocycles. The van der Waals surface area contributed by atoms with Gasteiger partial charge in [0.2, 0.25) is 5.95 Å². The van der Waals surface area contributed by atoms with Crippen molar-refractivity contribution in [2.24, 2.45) is 0 Å². The maximum absolute atomic E-state index is 13.8. The van der Waals surface area contributed by atoms with Gasteiger partial charge in [0.15, 0.2) is 0 Å². The number of benzene rings is 3. The van der Waals surface area contributed by atoms with Gasteiger partial charge >= 0.3 is 12.4 Å². The lowest BCUT2D eigenvalue weighted by molar-refractivity contribution is -0.138. The van der Waals surface area contributed by atoms with Crippen LogP contribution in [0.2, 0.25) is 0 Å². The minimum Gasteiger partial charge on any atom is -0.268 e. The van der Waals surface area contributed by atoms with Crippen LogP contribution >= 0.6 is 0 Å². The minimum atomic E-state index is -4.70. The smallest absolute Gasteiger partial charge is 0.268 e. The summed E-state index contributed by atoms with van der Waals surface area (Å²) in [7, 11) is 0. The van der Waals surface area contributed by atoms with Crippen molar-refractivity contribution in [2.75, 3.05) is 4.90 Å². The van der Waals surface area contributed by atoms with Gasteiger partial charge in [0.05, 0.1) is 28.6 Å².